The van der Waals surface area contributed by atoms with Gasteiger partial charge in [0.25, 0.3) is 0 Å². The molecule has 0 atom stereocenters. The first-order valence-corrected chi connectivity index (χ1v) is 6.47. The lowest BCUT2D eigenvalue weighted by molar-refractivity contribution is 0.242. The molecule has 0 aromatic heterocycles. The highest BCUT2D eigenvalue weighted by atomic mass is 16.5. The van der Waals surface area contributed by atoms with Crippen molar-refractivity contribution in [3.05, 3.63) is 24.3 Å². The number of anilines is 1. The van der Waals surface area contributed by atoms with E-state index in [1.807, 2.05) is 24.3 Å². The van der Waals surface area contributed by atoms with E-state index in [-0.39, 0.29) is 0 Å². The van der Waals surface area contributed by atoms with Gasteiger partial charge in [0.05, 0.1) is 6.61 Å². The van der Waals surface area contributed by atoms with Crippen molar-refractivity contribution in [1.29, 1.82) is 0 Å². The Bertz CT molecular complexity index is 298. The first-order chi connectivity index (χ1) is 8.26. The molecule has 0 bridgehead atoms. The van der Waals surface area contributed by atoms with E-state index in [0.29, 0.717) is 0 Å². The number of nitrogen functional groups attached to an aromatic ring is 1. The van der Waals surface area contributed by atoms with Gasteiger partial charge in [-0.25, -0.2) is 0 Å². The van der Waals surface area contributed by atoms with E-state index >= 15 is 0 Å². The van der Waals surface area contributed by atoms with Crippen LogP contribution in [0, 0.1) is 0 Å². The second-order valence-corrected chi connectivity index (χ2v) is 4.21. The summed E-state index contributed by atoms with van der Waals surface area (Å²) in [5.41, 5.74) is 6.39. The van der Waals surface area contributed by atoms with Crippen molar-refractivity contribution in [3.8, 4) is 5.75 Å². The van der Waals surface area contributed by atoms with Crippen LogP contribution in [-0.2, 0) is 0 Å². The maximum Gasteiger partial charge on any atom is 0.119 e. The van der Waals surface area contributed by atoms with Crippen molar-refractivity contribution in [2.24, 2.45) is 0 Å². The Morgan fingerprint density at radius 3 is 2.41 bits per heavy atom. The van der Waals surface area contributed by atoms with E-state index in [2.05, 4.69) is 18.7 Å². The molecular formula is C14H24N2O. The van der Waals surface area contributed by atoms with Crippen LogP contribution in [0.4, 0.5) is 5.69 Å². The molecule has 96 valence electrons. The van der Waals surface area contributed by atoms with Gasteiger partial charge in [-0.15, -0.1) is 0 Å². The molecule has 0 aliphatic heterocycles. The van der Waals surface area contributed by atoms with Gasteiger partial charge in [0.2, 0.25) is 0 Å². The standard InChI is InChI=1S/C14H24N2O/c1-3-10-16(4-2)11-5-12-17-14-8-6-13(15)7-9-14/h6-9H,3-5,10-12,15H2,1-2H3. The van der Waals surface area contributed by atoms with Crippen molar-refractivity contribution < 1.29 is 4.74 Å². The second-order valence-electron chi connectivity index (χ2n) is 4.21. The fraction of sp³-hybridized carbons (Fsp3) is 0.571. The van der Waals surface area contributed by atoms with Crippen LogP contribution in [0.2, 0.25) is 0 Å². The van der Waals surface area contributed by atoms with Crippen molar-refractivity contribution in [3.63, 3.8) is 0 Å². The summed E-state index contributed by atoms with van der Waals surface area (Å²) in [6.07, 6.45) is 2.28. The molecule has 17 heavy (non-hydrogen) atoms. The molecule has 0 saturated carbocycles. The first-order valence-electron chi connectivity index (χ1n) is 6.47. The zero-order chi connectivity index (χ0) is 12.5. The van der Waals surface area contributed by atoms with Crippen LogP contribution in [-0.4, -0.2) is 31.1 Å². The zero-order valence-electron chi connectivity index (χ0n) is 11.0. The van der Waals surface area contributed by atoms with E-state index < -0.39 is 0 Å². The van der Waals surface area contributed by atoms with Crippen LogP contribution in [0.25, 0.3) is 0 Å². The van der Waals surface area contributed by atoms with Gasteiger partial charge in [0, 0.05) is 12.2 Å². The molecule has 3 heteroatoms. The van der Waals surface area contributed by atoms with Crippen LogP contribution in [0.3, 0.4) is 0 Å². The third kappa shape index (κ3) is 5.59. The summed E-state index contributed by atoms with van der Waals surface area (Å²) in [6.45, 7) is 8.60. The third-order valence-electron chi connectivity index (χ3n) is 2.75. The monoisotopic (exact) mass is 236 g/mol. The van der Waals surface area contributed by atoms with Crippen LogP contribution >= 0.6 is 0 Å². The number of nitrogens with two attached hydrogens (primary N) is 1. The van der Waals surface area contributed by atoms with Gasteiger partial charge in [-0.05, 0) is 50.2 Å². The van der Waals surface area contributed by atoms with Gasteiger partial charge in [0.15, 0.2) is 0 Å². The van der Waals surface area contributed by atoms with E-state index in [4.69, 9.17) is 10.5 Å². The van der Waals surface area contributed by atoms with Crippen molar-refractivity contribution in [1.82, 2.24) is 4.90 Å². The van der Waals surface area contributed by atoms with E-state index in [1.54, 1.807) is 0 Å². The summed E-state index contributed by atoms with van der Waals surface area (Å²) in [5, 5.41) is 0. The van der Waals surface area contributed by atoms with Gasteiger partial charge in [0.1, 0.15) is 5.75 Å². The van der Waals surface area contributed by atoms with Crippen LogP contribution < -0.4 is 10.5 Å². The molecule has 0 aliphatic carbocycles. The topological polar surface area (TPSA) is 38.5 Å². The van der Waals surface area contributed by atoms with Crippen LogP contribution in [0.5, 0.6) is 5.75 Å². The lowest BCUT2D eigenvalue weighted by Gasteiger charge is -2.19. The molecule has 1 aromatic rings. The normalized spacial score (nSPS) is 10.8. The molecule has 0 radical (unpaired) electrons. The Kier molecular flexibility index (Phi) is 6.48. The molecule has 0 heterocycles. The van der Waals surface area contributed by atoms with Gasteiger partial charge in [-0.2, -0.15) is 0 Å². The molecule has 0 unspecified atom stereocenters. The summed E-state index contributed by atoms with van der Waals surface area (Å²) in [5.74, 6) is 0.901. The summed E-state index contributed by atoms with van der Waals surface area (Å²) in [7, 11) is 0. The van der Waals surface area contributed by atoms with Crippen LogP contribution in [0.1, 0.15) is 26.7 Å². The Morgan fingerprint density at radius 1 is 1.12 bits per heavy atom. The molecule has 0 saturated heterocycles. The lowest BCUT2D eigenvalue weighted by Crippen LogP contribution is -2.26. The molecule has 0 amide bonds. The number of nitrogens with zero attached hydrogens (tertiary/aromatic N) is 1. The highest BCUT2D eigenvalue weighted by molar-refractivity contribution is 5.41. The van der Waals surface area contributed by atoms with E-state index in [1.165, 1.54) is 13.0 Å². The van der Waals surface area contributed by atoms with Gasteiger partial charge >= 0.3 is 0 Å². The smallest absolute Gasteiger partial charge is 0.119 e. The molecule has 1 aromatic carbocycles. The molecule has 1 rings (SSSR count). The maximum absolute atomic E-state index is 5.65. The largest absolute Gasteiger partial charge is 0.494 e. The second kappa shape index (κ2) is 7.96. The van der Waals surface area contributed by atoms with E-state index in [9.17, 15) is 0 Å². The molecule has 2 N–H and O–H groups in total. The van der Waals surface area contributed by atoms with E-state index in [0.717, 1.165) is 37.6 Å². The van der Waals surface area contributed by atoms with Crippen molar-refractivity contribution >= 4 is 5.69 Å². The minimum Gasteiger partial charge on any atom is -0.494 e. The van der Waals surface area contributed by atoms with Gasteiger partial charge in [-0.3, -0.25) is 0 Å². The third-order valence-corrected chi connectivity index (χ3v) is 2.75. The zero-order valence-corrected chi connectivity index (χ0v) is 11.0. The molecule has 0 spiro atoms. The fourth-order valence-corrected chi connectivity index (χ4v) is 1.79. The highest BCUT2D eigenvalue weighted by Gasteiger charge is 2.00. The van der Waals surface area contributed by atoms with Gasteiger partial charge in [-0.1, -0.05) is 13.8 Å². The first kappa shape index (κ1) is 13.8. The Balaban J connectivity index is 2.17. The minimum absolute atomic E-state index is 0.768. The van der Waals surface area contributed by atoms with Crippen molar-refractivity contribution in [2.75, 3.05) is 32.0 Å². The number of rotatable bonds is 8. The SMILES string of the molecule is CCCN(CC)CCCOc1ccc(N)cc1. The average molecular weight is 236 g/mol. The summed E-state index contributed by atoms with van der Waals surface area (Å²) >= 11 is 0. The van der Waals surface area contributed by atoms with Crippen molar-refractivity contribution in [2.45, 2.75) is 26.7 Å². The summed E-state index contributed by atoms with van der Waals surface area (Å²) < 4.78 is 5.65. The number of hydrogen-bond acceptors (Lipinski definition) is 3. The lowest BCUT2D eigenvalue weighted by atomic mass is 10.3. The summed E-state index contributed by atoms with van der Waals surface area (Å²) in [4.78, 5) is 2.45. The molecular weight excluding hydrogens is 212 g/mol. The predicted octanol–water partition coefficient (Wildman–Crippen LogP) is 2.77. The molecule has 0 fully saturated rings. The number of hydrogen-bond donors (Lipinski definition) is 1. The maximum atomic E-state index is 5.65. The quantitative estimate of drug-likeness (QED) is 0.557. The minimum atomic E-state index is 0.768. The number of ether oxygens (including phenoxy) is 1. The number of benzene rings is 1. The molecule has 0 aliphatic rings. The highest BCUT2D eigenvalue weighted by Crippen LogP contribution is 2.13. The summed E-state index contributed by atoms with van der Waals surface area (Å²) in [6, 6.07) is 7.56. The Hall–Kier alpha value is -1.22. The Labute approximate surface area is 105 Å². The average Bonchev–Trinajstić information content (AvgIpc) is 2.35. The predicted molar refractivity (Wildman–Crippen MR) is 73.4 cm³/mol. The Morgan fingerprint density at radius 2 is 1.82 bits per heavy atom. The fourth-order valence-electron chi connectivity index (χ4n) is 1.79. The van der Waals surface area contributed by atoms with Gasteiger partial charge < -0.3 is 15.4 Å². The van der Waals surface area contributed by atoms with Crippen LogP contribution in [0.15, 0.2) is 24.3 Å². The molecule has 3 nitrogen and oxygen atoms in total.